The van der Waals surface area contributed by atoms with Crippen molar-refractivity contribution in [3.63, 3.8) is 0 Å². The summed E-state index contributed by atoms with van der Waals surface area (Å²) in [7, 11) is -3.48. The third-order valence-electron chi connectivity index (χ3n) is 4.68. The second kappa shape index (κ2) is 5.24. The second-order valence-corrected chi connectivity index (χ2v) is 8.07. The van der Waals surface area contributed by atoms with Crippen molar-refractivity contribution in [2.24, 2.45) is 5.41 Å². The van der Waals surface area contributed by atoms with Gasteiger partial charge in [0.1, 0.15) is 4.90 Å². The van der Waals surface area contributed by atoms with Gasteiger partial charge in [0.2, 0.25) is 15.3 Å². The normalized spacial score (nSPS) is 23.2. The van der Waals surface area contributed by atoms with Crippen LogP contribution in [0.1, 0.15) is 38.5 Å². The molecule has 0 amide bonds. The molecule has 0 atom stereocenters. The number of sulfonamides is 1. The van der Waals surface area contributed by atoms with E-state index in [9.17, 15) is 8.42 Å². The van der Waals surface area contributed by atoms with E-state index in [0.717, 1.165) is 12.8 Å². The van der Waals surface area contributed by atoms with E-state index < -0.39 is 10.0 Å². The summed E-state index contributed by atoms with van der Waals surface area (Å²) in [4.78, 5) is 7.65. The fraction of sp³-hybridized carbons (Fsp3) is 0.692. The molecule has 1 aromatic rings. The molecule has 3 rings (SSSR count). The standard InChI is InChI=1S/C13H18ClN3O2S/c14-12-15-9-11(10-16-12)20(18,19)17-7-5-13(6-8-17)3-1-2-4-13/h9-10H,1-8H2. The molecule has 1 saturated heterocycles. The van der Waals surface area contributed by atoms with Crippen LogP contribution in [0.25, 0.3) is 0 Å². The van der Waals surface area contributed by atoms with E-state index in [1.54, 1.807) is 4.31 Å². The van der Waals surface area contributed by atoms with Gasteiger partial charge in [-0.2, -0.15) is 4.31 Å². The summed E-state index contributed by atoms with van der Waals surface area (Å²) in [5, 5.41) is 0.0625. The van der Waals surface area contributed by atoms with Crippen molar-refractivity contribution in [3.8, 4) is 0 Å². The van der Waals surface area contributed by atoms with E-state index in [1.807, 2.05) is 0 Å². The lowest BCUT2D eigenvalue weighted by atomic mass is 9.78. The molecule has 110 valence electrons. The van der Waals surface area contributed by atoms with Gasteiger partial charge in [0.15, 0.2) is 0 Å². The Labute approximate surface area is 124 Å². The molecule has 1 saturated carbocycles. The fourth-order valence-electron chi connectivity index (χ4n) is 3.41. The van der Waals surface area contributed by atoms with Gasteiger partial charge in [-0.3, -0.25) is 0 Å². The van der Waals surface area contributed by atoms with Gasteiger partial charge in [-0.1, -0.05) is 12.8 Å². The minimum Gasteiger partial charge on any atom is -0.225 e. The van der Waals surface area contributed by atoms with Gasteiger partial charge in [0, 0.05) is 13.1 Å². The van der Waals surface area contributed by atoms with E-state index >= 15 is 0 Å². The highest BCUT2D eigenvalue weighted by molar-refractivity contribution is 7.89. The Bertz CT molecular complexity index is 572. The van der Waals surface area contributed by atoms with Gasteiger partial charge in [-0.15, -0.1) is 0 Å². The molecule has 1 spiro atoms. The summed E-state index contributed by atoms with van der Waals surface area (Å²) < 4.78 is 26.6. The first-order valence-electron chi connectivity index (χ1n) is 7.00. The van der Waals surface area contributed by atoms with Crippen LogP contribution in [0.15, 0.2) is 17.3 Å². The maximum atomic E-state index is 12.5. The number of hydrogen-bond acceptors (Lipinski definition) is 4. The van der Waals surface area contributed by atoms with Crippen molar-refractivity contribution < 1.29 is 8.42 Å². The molecule has 0 unspecified atom stereocenters. The molecular formula is C13H18ClN3O2S. The van der Waals surface area contributed by atoms with Crippen LogP contribution in [0.2, 0.25) is 5.28 Å². The van der Waals surface area contributed by atoms with Crippen LogP contribution >= 0.6 is 11.6 Å². The van der Waals surface area contributed by atoms with Crippen molar-refractivity contribution in [1.82, 2.24) is 14.3 Å². The Morgan fingerprint density at radius 3 is 2.15 bits per heavy atom. The van der Waals surface area contributed by atoms with E-state index in [4.69, 9.17) is 11.6 Å². The summed E-state index contributed by atoms with van der Waals surface area (Å²) in [6.45, 7) is 1.20. The van der Waals surface area contributed by atoms with Crippen LogP contribution in [0.3, 0.4) is 0 Å². The Hall–Kier alpha value is -0.720. The quantitative estimate of drug-likeness (QED) is 0.787. The molecular weight excluding hydrogens is 298 g/mol. The molecule has 1 aromatic heterocycles. The zero-order valence-electron chi connectivity index (χ0n) is 11.3. The average molecular weight is 316 g/mol. The SMILES string of the molecule is O=S(=O)(c1cnc(Cl)nc1)N1CCC2(CCCC2)CC1. The second-order valence-electron chi connectivity index (χ2n) is 5.80. The number of aromatic nitrogens is 2. The smallest absolute Gasteiger partial charge is 0.225 e. The molecule has 5 nitrogen and oxygen atoms in total. The molecule has 0 aromatic carbocycles. The number of rotatable bonds is 2. The van der Waals surface area contributed by atoms with Gasteiger partial charge >= 0.3 is 0 Å². The largest absolute Gasteiger partial charge is 0.246 e. The van der Waals surface area contributed by atoms with Crippen LogP contribution in [-0.2, 0) is 10.0 Å². The number of halogens is 1. The zero-order valence-corrected chi connectivity index (χ0v) is 12.8. The lowest BCUT2D eigenvalue weighted by Gasteiger charge is -2.38. The van der Waals surface area contributed by atoms with E-state index in [2.05, 4.69) is 9.97 Å². The summed E-state index contributed by atoms with van der Waals surface area (Å²) in [6.07, 6.45) is 9.60. The molecule has 0 bridgehead atoms. The Kier molecular flexibility index (Phi) is 3.73. The summed E-state index contributed by atoms with van der Waals surface area (Å²) in [6, 6.07) is 0. The molecule has 2 heterocycles. The van der Waals surface area contributed by atoms with E-state index in [-0.39, 0.29) is 10.2 Å². The number of nitrogens with zero attached hydrogens (tertiary/aromatic N) is 3. The van der Waals surface area contributed by atoms with Gasteiger partial charge in [-0.05, 0) is 42.7 Å². The van der Waals surface area contributed by atoms with Crippen molar-refractivity contribution in [2.75, 3.05) is 13.1 Å². The Morgan fingerprint density at radius 1 is 1.05 bits per heavy atom. The predicted molar refractivity (Wildman–Crippen MR) is 75.9 cm³/mol. The van der Waals surface area contributed by atoms with Crippen LogP contribution < -0.4 is 0 Å². The zero-order chi connectivity index (χ0) is 14.2. The Morgan fingerprint density at radius 2 is 1.60 bits per heavy atom. The minimum absolute atomic E-state index is 0.0625. The number of piperidine rings is 1. The van der Waals surface area contributed by atoms with Gasteiger partial charge < -0.3 is 0 Å². The van der Waals surface area contributed by atoms with Gasteiger partial charge in [0.25, 0.3) is 0 Å². The lowest BCUT2D eigenvalue weighted by molar-refractivity contribution is 0.160. The van der Waals surface area contributed by atoms with Gasteiger partial charge in [-0.25, -0.2) is 18.4 Å². The molecule has 0 N–H and O–H groups in total. The highest BCUT2D eigenvalue weighted by Gasteiger charge is 2.40. The van der Waals surface area contributed by atoms with Crippen LogP contribution in [-0.4, -0.2) is 35.8 Å². The van der Waals surface area contributed by atoms with Crippen molar-refractivity contribution in [2.45, 2.75) is 43.4 Å². The molecule has 2 aliphatic rings. The third-order valence-corrected chi connectivity index (χ3v) is 6.73. The summed E-state index contributed by atoms with van der Waals surface area (Å²) >= 11 is 5.60. The molecule has 2 fully saturated rings. The Balaban J connectivity index is 1.75. The number of hydrogen-bond donors (Lipinski definition) is 0. The monoisotopic (exact) mass is 315 g/mol. The summed E-state index contributed by atoms with van der Waals surface area (Å²) in [5.74, 6) is 0. The van der Waals surface area contributed by atoms with Crippen molar-refractivity contribution in [3.05, 3.63) is 17.7 Å². The average Bonchev–Trinajstić information content (AvgIpc) is 2.88. The predicted octanol–water partition coefficient (Wildman–Crippen LogP) is 2.47. The molecule has 1 aliphatic heterocycles. The topological polar surface area (TPSA) is 63.2 Å². The molecule has 7 heteroatoms. The third kappa shape index (κ3) is 2.56. The fourth-order valence-corrected chi connectivity index (χ4v) is 4.84. The minimum atomic E-state index is -3.48. The first-order chi connectivity index (χ1) is 9.52. The van der Waals surface area contributed by atoms with E-state index in [0.29, 0.717) is 18.5 Å². The van der Waals surface area contributed by atoms with Crippen LogP contribution in [0.4, 0.5) is 0 Å². The van der Waals surface area contributed by atoms with Crippen molar-refractivity contribution >= 4 is 21.6 Å². The first kappa shape index (κ1) is 14.2. The first-order valence-corrected chi connectivity index (χ1v) is 8.81. The van der Waals surface area contributed by atoms with E-state index in [1.165, 1.54) is 38.1 Å². The summed E-state index contributed by atoms with van der Waals surface area (Å²) in [5.41, 5.74) is 0.405. The van der Waals surface area contributed by atoms with Crippen molar-refractivity contribution in [1.29, 1.82) is 0 Å². The maximum Gasteiger partial charge on any atom is 0.246 e. The lowest BCUT2D eigenvalue weighted by Crippen LogP contribution is -2.42. The van der Waals surface area contributed by atoms with Crippen LogP contribution in [0, 0.1) is 5.41 Å². The van der Waals surface area contributed by atoms with Crippen LogP contribution in [0.5, 0.6) is 0 Å². The maximum absolute atomic E-state index is 12.5. The van der Waals surface area contributed by atoms with Gasteiger partial charge in [0.05, 0.1) is 12.4 Å². The highest BCUT2D eigenvalue weighted by atomic mass is 35.5. The highest BCUT2D eigenvalue weighted by Crippen LogP contribution is 2.46. The molecule has 20 heavy (non-hydrogen) atoms. The molecule has 1 aliphatic carbocycles. The molecule has 0 radical (unpaired) electrons.